The molecule has 3 rings (SSSR count). The summed E-state index contributed by atoms with van der Waals surface area (Å²) in [5.74, 6) is -1.12. The highest BCUT2D eigenvalue weighted by molar-refractivity contribution is 6.30. The van der Waals surface area contributed by atoms with Crippen LogP contribution < -0.4 is 0 Å². The molecule has 2 aliphatic rings. The van der Waals surface area contributed by atoms with Crippen molar-refractivity contribution in [3.63, 3.8) is 0 Å². The smallest absolute Gasteiger partial charge is 0.362 e. The van der Waals surface area contributed by atoms with Crippen LogP contribution >= 0.6 is 11.6 Å². The van der Waals surface area contributed by atoms with Gasteiger partial charge in [-0.1, -0.05) is 30.9 Å². The monoisotopic (exact) mass is 374 g/mol. The van der Waals surface area contributed by atoms with Gasteiger partial charge < -0.3 is 5.11 Å². The van der Waals surface area contributed by atoms with Crippen LogP contribution in [0, 0.1) is 5.92 Å². The Morgan fingerprint density at radius 1 is 1.20 bits per heavy atom. The summed E-state index contributed by atoms with van der Waals surface area (Å²) in [7, 11) is 0. The summed E-state index contributed by atoms with van der Waals surface area (Å²) in [6, 6.07) is 5.44. The Balaban J connectivity index is 1.94. The molecule has 8 heteroatoms. The zero-order valence-corrected chi connectivity index (χ0v) is 14.1. The standard InChI is InChI=1S/C17H18ClF3N2O2/c18-13-8-6-12(7-9-13)15(24)23-16(25,17(19,20)21)10-14(22-23)11-4-2-1-3-5-11/h6-9,11,25H,1-5,10H2/t16-/m1/s1. The van der Waals surface area contributed by atoms with Crippen molar-refractivity contribution in [1.82, 2.24) is 5.01 Å². The molecule has 25 heavy (non-hydrogen) atoms. The summed E-state index contributed by atoms with van der Waals surface area (Å²) in [6.45, 7) is 0. The number of hydrazone groups is 1. The number of hydrogen-bond acceptors (Lipinski definition) is 3. The fourth-order valence-corrected chi connectivity index (χ4v) is 3.51. The van der Waals surface area contributed by atoms with Crippen molar-refractivity contribution in [2.75, 3.05) is 0 Å². The van der Waals surface area contributed by atoms with Crippen molar-refractivity contribution in [1.29, 1.82) is 0 Å². The number of carbonyl (C=O) groups is 1. The number of halogens is 4. The van der Waals surface area contributed by atoms with Crippen LogP contribution in [-0.2, 0) is 0 Å². The predicted octanol–water partition coefficient (Wildman–Crippen LogP) is 4.37. The van der Waals surface area contributed by atoms with Crippen LogP contribution in [-0.4, -0.2) is 33.6 Å². The first-order valence-electron chi connectivity index (χ1n) is 8.19. The quantitative estimate of drug-likeness (QED) is 0.835. The SMILES string of the molecule is O=C(c1ccc(Cl)cc1)N1N=C(C2CCCCC2)C[C@@]1(O)C(F)(F)F. The van der Waals surface area contributed by atoms with Gasteiger partial charge in [0.25, 0.3) is 11.6 Å². The minimum atomic E-state index is -5.00. The van der Waals surface area contributed by atoms with Crippen molar-refractivity contribution in [3.05, 3.63) is 34.9 Å². The molecule has 1 fully saturated rings. The normalized spacial score (nSPS) is 25.2. The fraction of sp³-hybridized carbons (Fsp3) is 0.529. The van der Waals surface area contributed by atoms with Crippen LogP contribution in [0.5, 0.6) is 0 Å². The Hall–Kier alpha value is -1.60. The molecule has 0 radical (unpaired) electrons. The van der Waals surface area contributed by atoms with E-state index in [2.05, 4.69) is 5.10 Å². The molecule has 0 spiro atoms. The minimum Gasteiger partial charge on any atom is -0.362 e. The van der Waals surface area contributed by atoms with Crippen LogP contribution in [0.3, 0.4) is 0 Å². The number of rotatable bonds is 2. The van der Waals surface area contributed by atoms with Gasteiger partial charge in [0.2, 0.25) is 0 Å². The van der Waals surface area contributed by atoms with E-state index < -0.39 is 24.2 Å². The van der Waals surface area contributed by atoms with E-state index in [-0.39, 0.29) is 22.2 Å². The van der Waals surface area contributed by atoms with E-state index in [1.54, 1.807) is 0 Å². The molecule has 1 N–H and O–H groups in total. The number of carbonyl (C=O) groups excluding carboxylic acids is 1. The van der Waals surface area contributed by atoms with Gasteiger partial charge in [0, 0.05) is 22.7 Å². The number of amides is 1. The molecular weight excluding hydrogens is 357 g/mol. The Morgan fingerprint density at radius 2 is 1.80 bits per heavy atom. The first-order chi connectivity index (χ1) is 11.7. The maximum Gasteiger partial charge on any atom is 0.438 e. The Kier molecular flexibility index (Phi) is 4.81. The fourth-order valence-electron chi connectivity index (χ4n) is 3.38. The van der Waals surface area contributed by atoms with E-state index in [0.29, 0.717) is 5.02 Å². The molecule has 1 aliphatic carbocycles. The van der Waals surface area contributed by atoms with Crippen molar-refractivity contribution >= 4 is 23.2 Å². The van der Waals surface area contributed by atoms with Gasteiger partial charge in [-0.05, 0) is 43.0 Å². The van der Waals surface area contributed by atoms with Gasteiger partial charge in [0.15, 0.2) is 0 Å². The molecule has 1 atom stereocenters. The van der Waals surface area contributed by atoms with Crippen molar-refractivity contribution in [2.45, 2.75) is 50.4 Å². The highest BCUT2D eigenvalue weighted by Crippen LogP contribution is 2.43. The van der Waals surface area contributed by atoms with Gasteiger partial charge >= 0.3 is 6.18 Å². The largest absolute Gasteiger partial charge is 0.438 e. The topological polar surface area (TPSA) is 52.9 Å². The van der Waals surface area contributed by atoms with Crippen molar-refractivity contribution in [3.8, 4) is 0 Å². The van der Waals surface area contributed by atoms with Gasteiger partial charge in [-0.15, -0.1) is 0 Å². The van der Waals surface area contributed by atoms with Gasteiger partial charge in [-0.25, -0.2) is 0 Å². The molecule has 1 aromatic rings. The van der Waals surface area contributed by atoms with E-state index in [1.807, 2.05) is 0 Å². The second kappa shape index (κ2) is 6.61. The van der Waals surface area contributed by atoms with E-state index in [0.717, 1.165) is 32.1 Å². The molecule has 0 saturated heterocycles. The number of benzene rings is 1. The predicted molar refractivity (Wildman–Crippen MR) is 87.3 cm³/mol. The lowest BCUT2D eigenvalue weighted by Gasteiger charge is -2.32. The first-order valence-corrected chi connectivity index (χ1v) is 8.57. The molecule has 1 heterocycles. The molecule has 1 amide bonds. The third kappa shape index (κ3) is 3.40. The number of hydrogen-bond donors (Lipinski definition) is 1. The van der Waals surface area contributed by atoms with E-state index in [4.69, 9.17) is 11.6 Å². The molecule has 136 valence electrons. The molecule has 1 saturated carbocycles. The van der Waals surface area contributed by atoms with Crippen molar-refractivity contribution < 1.29 is 23.1 Å². The van der Waals surface area contributed by atoms with E-state index in [9.17, 15) is 23.1 Å². The van der Waals surface area contributed by atoms with Crippen molar-refractivity contribution in [2.24, 2.45) is 11.0 Å². The third-order valence-corrected chi connectivity index (χ3v) is 5.07. The van der Waals surface area contributed by atoms with Gasteiger partial charge in [0.05, 0.1) is 0 Å². The summed E-state index contributed by atoms with van der Waals surface area (Å²) in [6.07, 6.45) is -1.36. The lowest BCUT2D eigenvalue weighted by atomic mass is 9.83. The van der Waals surface area contributed by atoms with Crippen LogP contribution in [0.4, 0.5) is 13.2 Å². The second-order valence-electron chi connectivity index (χ2n) is 6.54. The second-order valence-corrected chi connectivity index (χ2v) is 6.98. The van der Waals surface area contributed by atoms with Crippen LogP contribution in [0.2, 0.25) is 5.02 Å². The number of aliphatic hydroxyl groups is 1. The number of alkyl halides is 3. The molecule has 0 unspecified atom stereocenters. The average Bonchev–Trinajstić information content (AvgIpc) is 2.95. The molecular formula is C17H18ClF3N2O2. The number of nitrogens with zero attached hydrogens (tertiary/aromatic N) is 2. The maximum absolute atomic E-state index is 13.5. The summed E-state index contributed by atoms with van der Waals surface area (Å²) >= 11 is 5.75. The Morgan fingerprint density at radius 3 is 2.36 bits per heavy atom. The zero-order valence-electron chi connectivity index (χ0n) is 13.4. The van der Waals surface area contributed by atoms with Crippen LogP contribution in [0.1, 0.15) is 48.9 Å². The zero-order chi connectivity index (χ0) is 18.2. The van der Waals surface area contributed by atoms with E-state index >= 15 is 0 Å². The first kappa shape index (κ1) is 18.2. The van der Waals surface area contributed by atoms with Gasteiger partial charge in [0.1, 0.15) is 0 Å². The highest BCUT2D eigenvalue weighted by Gasteiger charge is 2.63. The Labute approximate surface area is 148 Å². The summed E-state index contributed by atoms with van der Waals surface area (Å²) < 4.78 is 40.6. The lowest BCUT2D eigenvalue weighted by molar-refractivity contribution is -0.297. The van der Waals surface area contributed by atoms with Crippen LogP contribution in [0.15, 0.2) is 29.4 Å². The van der Waals surface area contributed by atoms with E-state index in [1.165, 1.54) is 24.3 Å². The highest BCUT2D eigenvalue weighted by atomic mass is 35.5. The van der Waals surface area contributed by atoms with Gasteiger partial charge in [-0.3, -0.25) is 4.79 Å². The lowest BCUT2D eigenvalue weighted by Crippen LogP contribution is -2.56. The minimum absolute atomic E-state index is 0.0132. The molecule has 0 bridgehead atoms. The van der Waals surface area contributed by atoms with Gasteiger partial charge in [-0.2, -0.15) is 23.3 Å². The maximum atomic E-state index is 13.5. The Bertz CT molecular complexity index is 684. The summed E-state index contributed by atoms with van der Waals surface area (Å²) in [4.78, 5) is 12.6. The summed E-state index contributed by atoms with van der Waals surface area (Å²) in [5, 5.41) is 14.8. The molecule has 4 nitrogen and oxygen atoms in total. The summed E-state index contributed by atoms with van der Waals surface area (Å²) in [5.41, 5.74) is -3.07. The molecule has 1 aromatic carbocycles. The third-order valence-electron chi connectivity index (χ3n) is 4.82. The molecule has 1 aliphatic heterocycles. The van der Waals surface area contributed by atoms with Crippen LogP contribution in [0.25, 0.3) is 0 Å². The molecule has 0 aromatic heterocycles. The average molecular weight is 375 g/mol.